The number of carbonyl (C=O) groups is 1. The Hall–Kier alpha value is -1.92. The molecule has 1 saturated carbocycles. The molecule has 2 N–H and O–H groups in total. The van der Waals surface area contributed by atoms with Crippen molar-refractivity contribution in [2.75, 3.05) is 6.61 Å². The molecule has 1 heterocycles. The second-order valence-electron chi connectivity index (χ2n) is 6.01. The van der Waals surface area contributed by atoms with Crippen LogP contribution in [0.3, 0.4) is 0 Å². The van der Waals surface area contributed by atoms with Crippen molar-refractivity contribution in [1.82, 2.24) is 20.3 Å². The Bertz CT molecular complexity index is 723. The summed E-state index contributed by atoms with van der Waals surface area (Å²) in [6.07, 6.45) is 3.59. The quantitative estimate of drug-likeness (QED) is 0.898. The minimum Gasteiger partial charge on any atom is -0.394 e. The molecule has 0 spiro atoms. The summed E-state index contributed by atoms with van der Waals surface area (Å²) in [6, 6.07) is 7.20. The number of amides is 1. The van der Waals surface area contributed by atoms with Gasteiger partial charge in [0, 0.05) is 5.02 Å². The van der Waals surface area contributed by atoms with Gasteiger partial charge in [-0.05, 0) is 38.0 Å². The lowest BCUT2D eigenvalue weighted by Crippen LogP contribution is -2.49. The van der Waals surface area contributed by atoms with E-state index in [-0.39, 0.29) is 18.2 Å². The summed E-state index contributed by atoms with van der Waals surface area (Å²) in [5.41, 5.74) is 1.13. The molecule has 1 aromatic heterocycles. The first-order valence-electron chi connectivity index (χ1n) is 7.66. The predicted molar refractivity (Wildman–Crippen MR) is 86.9 cm³/mol. The van der Waals surface area contributed by atoms with Gasteiger partial charge in [0.25, 0.3) is 5.91 Å². The molecule has 122 valence electrons. The summed E-state index contributed by atoms with van der Waals surface area (Å²) in [7, 11) is 0. The van der Waals surface area contributed by atoms with Gasteiger partial charge >= 0.3 is 0 Å². The molecule has 1 aliphatic rings. The van der Waals surface area contributed by atoms with Crippen LogP contribution in [0, 0.1) is 6.92 Å². The number of hydrogen-bond donors (Lipinski definition) is 2. The summed E-state index contributed by atoms with van der Waals surface area (Å²) >= 11 is 6.00. The maximum Gasteiger partial charge on any atom is 0.274 e. The Morgan fingerprint density at radius 3 is 2.83 bits per heavy atom. The molecular formula is C16H19ClN4O2. The molecular weight excluding hydrogens is 316 g/mol. The second kappa shape index (κ2) is 6.29. The maximum atomic E-state index is 12.5. The molecule has 0 unspecified atom stereocenters. The van der Waals surface area contributed by atoms with Crippen LogP contribution in [-0.4, -0.2) is 38.2 Å². The molecule has 1 aliphatic carbocycles. The number of hydrogen-bond acceptors (Lipinski definition) is 4. The lowest BCUT2D eigenvalue weighted by Gasteiger charge is -2.27. The normalized spacial score (nSPS) is 16.5. The molecule has 7 heteroatoms. The van der Waals surface area contributed by atoms with Crippen LogP contribution in [0.15, 0.2) is 24.3 Å². The van der Waals surface area contributed by atoms with Crippen molar-refractivity contribution in [3.8, 4) is 5.69 Å². The number of rotatable bonds is 4. The third kappa shape index (κ3) is 3.09. The van der Waals surface area contributed by atoms with Gasteiger partial charge in [-0.2, -0.15) is 0 Å². The van der Waals surface area contributed by atoms with E-state index in [1.165, 1.54) is 0 Å². The van der Waals surface area contributed by atoms with Crippen molar-refractivity contribution in [2.24, 2.45) is 0 Å². The zero-order valence-corrected chi connectivity index (χ0v) is 13.7. The Morgan fingerprint density at radius 2 is 2.17 bits per heavy atom. The number of aliphatic hydroxyl groups excluding tert-OH is 1. The Balaban J connectivity index is 1.85. The van der Waals surface area contributed by atoms with Gasteiger partial charge in [0.1, 0.15) is 0 Å². The summed E-state index contributed by atoms with van der Waals surface area (Å²) in [6.45, 7) is 1.73. The highest BCUT2D eigenvalue weighted by Gasteiger charge is 2.35. The van der Waals surface area contributed by atoms with E-state index < -0.39 is 5.54 Å². The van der Waals surface area contributed by atoms with Crippen LogP contribution in [0.5, 0.6) is 0 Å². The summed E-state index contributed by atoms with van der Waals surface area (Å²) in [5.74, 6) is -0.299. The topological polar surface area (TPSA) is 80.0 Å². The predicted octanol–water partition coefficient (Wildman–Crippen LogP) is 2.26. The molecule has 0 radical (unpaired) electrons. The minimum atomic E-state index is -0.524. The van der Waals surface area contributed by atoms with E-state index in [0.29, 0.717) is 10.7 Å². The summed E-state index contributed by atoms with van der Waals surface area (Å²) in [4.78, 5) is 12.5. The monoisotopic (exact) mass is 334 g/mol. The van der Waals surface area contributed by atoms with Crippen molar-refractivity contribution in [3.05, 3.63) is 40.7 Å². The van der Waals surface area contributed by atoms with Gasteiger partial charge in [-0.25, -0.2) is 4.68 Å². The number of halogens is 1. The fourth-order valence-electron chi connectivity index (χ4n) is 3.07. The highest BCUT2D eigenvalue weighted by atomic mass is 35.5. The van der Waals surface area contributed by atoms with Gasteiger partial charge in [0.15, 0.2) is 5.69 Å². The molecule has 2 aromatic rings. The van der Waals surface area contributed by atoms with Gasteiger partial charge in [-0.3, -0.25) is 4.79 Å². The summed E-state index contributed by atoms with van der Waals surface area (Å²) in [5, 5.41) is 21.2. The van der Waals surface area contributed by atoms with Crippen LogP contribution in [0.1, 0.15) is 41.9 Å². The van der Waals surface area contributed by atoms with Crippen LogP contribution >= 0.6 is 11.6 Å². The van der Waals surface area contributed by atoms with E-state index in [2.05, 4.69) is 15.6 Å². The second-order valence-corrected chi connectivity index (χ2v) is 6.45. The molecule has 1 fully saturated rings. The van der Waals surface area contributed by atoms with E-state index >= 15 is 0 Å². The fourth-order valence-corrected chi connectivity index (χ4v) is 3.25. The van der Waals surface area contributed by atoms with Crippen molar-refractivity contribution >= 4 is 17.5 Å². The third-order valence-electron chi connectivity index (χ3n) is 4.40. The first kappa shape index (κ1) is 16.0. The molecule has 6 nitrogen and oxygen atoms in total. The average molecular weight is 335 g/mol. The van der Waals surface area contributed by atoms with Crippen molar-refractivity contribution in [1.29, 1.82) is 0 Å². The Morgan fingerprint density at radius 1 is 1.43 bits per heavy atom. The van der Waals surface area contributed by atoms with Gasteiger partial charge in [0.2, 0.25) is 0 Å². The smallest absolute Gasteiger partial charge is 0.274 e. The maximum absolute atomic E-state index is 12.5. The molecule has 0 bridgehead atoms. The van der Waals surface area contributed by atoms with Crippen LogP contribution in [0.25, 0.3) is 5.69 Å². The van der Waals surface area contributed by atoms with Crippen molar-refractivity contribution in [3.63, 3.8) is 0 Å². The third-order valence-corrected chi connectivity index (χ3v) is 4.64. The van der Waals surface area contributed by atoms with E-state index in [0.717, 1.165) is 31.4 Å². The minimum absolute atomic E-state index is 0.0553. The number of benzene rings is 1. The van der Waals surface area contributed by atoms with Crippen LogP contribution in [-0.2, 0) is 0 Å². The van der Waals surface area contributed by atoms with E-state index in [1.54, 1.807) is 23.7 Å². The van der Waals surface area contributed by atoms with Crippen molar-refractivity contribution < 1.29 is 9.90 Å². The van der Waals surface area contributed by atoms with Crippen LogP contribution in [0.4, 0.5) is 0 Å². The molecule has 0 aliphatic heterocycles. The molecule has 1 amide bonds. The highest BCUT2D eigenvalue weighted by Crippen LogP contribution is 2.29. The number of carbonyl (C=O) groups excluding carboxylic acids is 1. The molecule has 1 aromatic carbocycles. The van der Waals surface area contributed by atoms with Gasteiger partial charge < -0.3 is 10.4 Å². The number of nitrogens with zero attached hydrogens (tertiary/aromatic N) is 3. The molecule has 0 saturated heterocycles. The average Bonchev–Trinajstić information content (AvgIpc) is 3.14. The van der Waals surface area contributed by atoms with Crippen LogP contribution in [0.2, 0.25) is 5.02 Å². The number of aliphatic hydroxyl groups is 1. The molecule has 3 rings (SSSR count). The lowest BCUT2D eigenvalue weighted by atomic mass is 9.98. The van der Waals surface area contributed by atoms with E-state index in [1.807, 2.05) is 12.1 Å². The Labute approximate surface area is 139 Å². The van der Waals surface area contributed by atoms with E-state index in [4.69, 9.17) is 11.6 Å². The first-order chi connectivity index (χ1) is 11.0. The zero-order chi connectivity index (χ0) is 16.4. The number of aromatic nitrogens is 3. The lowest BCUT2D eigenvalue weighted by molar-refractivity contribution is 0.0832. The van der Waals surface area contributed by atoms with Crippen molar-refractivity contribution in [2.45, 2.75) is 38.1 Å². The first-order valence-corrected chi connectivity index (χ1v) is 8.04. The molecule has 0 atom stereocenters. The fraction of sp³-hybridized carbons (Fsp3) is 0.438. The Kier molecular flexibility index (Phi) is 4.37. The van der Waals surface area contributed by atoms with Gasteiger partial charge in [0.05, 0.1) is 23.5 Å². The standard InChI is InChI=1S/C16H19ClN4O2/c1-11-14(15(23)18-16(10-22)7-2-3-8-16)19-20-21(11)13-6-4-5-12(17)9-13/h4-6,9,22H,2-3,7-8,10H2,1H3,(H,18,23). The van der Waals surface area contributed by atoms with Crippen LogP contribution < -0.4 is 5.32 Å². The SMILES string of the molecule is Cc1c(C(=O)NC2(CO)CCCC2)nnn1-c1cccc(Cl)c1. The van der Waals surface area contributed by atoms with E-state index in [9.17, 15) is 9.90 Å². The van der Waals surface area contributed by atoms with Gasteiger partial charge in [-0.1, -0.05) is 35.7 Å². The highest BCUT2D eigenvalue weighted by molar-refractivity contribution is 6.30. The zero-order valence-electron chi connectivity index (χ0n) is 12.9. The number of nitrogens with one attached hydrogen (secondary N) is 1. The largest absolute Gasteiger partial charge is 0.394 e. The molecule has 23 heavy (non-hydrogen) atoms. The van der Waals surface area contributed by atoms with Gasteiger partial charge in [-0.15, -0.1) is 5.10 Å². The summed E-state index contributed by atoms with van der Waals surface area (Å²) < 4.78 is 1.58.